The van der Waals surface area contributed by atoms with E-state index in [1.165, 1.54) is 12.1 Å². The van der Waals surface area contributed by atoms with Gasteiger partial charge in [0.1, 0.15) is 5.82 Å². The first-order valence-corrected chi connectivity index (χ1v) is 5.35. The van der Waals surface area contributed by atoms with Crippen LogP contribution in [0.25, 0.3) is 0 Å². The summed E-state index contributed by atoms with van der Waals surface area (Å²) < 4.78 is 13.0. The molecule has 3 N–H and O–H groups in total. The fraction of sp³-hybridized carbons (Fsp3) is 0.417. The van der Waals surface area contributed by atoms with E-state index in [4.69, 9.17) is 5.73 Å². The van der Waals surface area contributed by atoms with Crippen molar-refractivity contribution in [1.29, 1.82) is 0 Å². The Morgan fingerprint density at radius 1 is 1.56 bits per heavy atom. The fourth-order valence-electron chi connectivity index (χ4n) is 1.68. The topological polar surface area (TPSA) is 55.1 Å². The van der Waals surface area contributed by atoms with Crippen molar-refractivity contribution in [3.63, 3.8) is 0 Å². The Balaban J connectivity index is 2.17. The van der Waals surface area contributed by atoms with Crippen molar-refractivity contribution in [1.82, 2.24) is 5.32 Å². The van der Waals surface area contributed by atoms with Crippen LogP contribution in [0.4, 0.5) is 4.39 Å². The van der Waals surface area contributed by atoms with Crippen LogP contribution in [0, 0.1) is 12.7 Å². The smallest absolute Gasteiger partial charge is 0.252 e. The van der Waals surface area contributed by atoms with Gasteiger partial charge in [-0.25, -0.2) is 4.39 Å². The monoisotopic (exact) mass is 222 g/mol. The number of carbonyl (C=O) groups excluding carboxylic acids is 1. The lowest BCUT2D eigenvalue weighted by Gasteiger charge is -2.15. The third kappa shape index (κ3) is 2.07. The molecule has 0 radical (unpaired) electrons. The zero-order valence-electron chi connectivity index (χ0n) is 9.22. The summed E-state index contributed by atoms with van der Waals surface area (Å²) in [6, 6.07) is 4.21. The SMILES string of the molecule is Cc1ccc(F)cc1C(=O)NC1(CN)CC1. The summed E-state index contributed by atoms with van der Waals surface area (Å²) in [7, 11) is 0. The van der Waals surface area contributed by atoms with Gasteiger partial charge in [0, 0.05) is 12.1 Å². The molecule has 0 unspecified atom stereocenters. The molecule has 1 saturated carbocycles. The molecule has 0 aromatic heterocycles. The van der Waals surface area contributed by atoms with E-state index in [1.807, 2.05) is 0 Å². The highest BCUT2D eigenvalue weighted by Gasteiger charge is 2.42. The number of halogens is 1. The van der Waals surface area contributed by atoms with Gasteiger partial charge < -0.3 is 11.1 Å². The average Bonchev–Trinajstić information content (AvgIpc) is 3.02. The van der Waals surface area contributed by atoms with Crippen molar-refractivity contribution in [2.45, 2.75) is 25.3 Å². The quantitative estimate of drug-likeness (QED) is 0.811. The number of hydrogen-bond donors (Lipinski definition) is 2. The molecule has 0 atom stereocenters. The molecule has 0 spiro atoms. The number of carbonyl (C=O) groups is 1. The number of nitrogens with one attached hydrogen (secondary N) is 1. The summed E-state index contributed by atoms with van der Waals surface area (Å²) >= 11 is 0. The molecule has 0 aliphatic heterocycles. The second-order valence-corrected chi connectivity index (χ2v) is 4.40. The number of amides is 1. The fourth-order valence-corrected chi connectivity index (χ4v) is 1.68. The first-order valence-electron chi connectivity index (χ1n) is 5.35. The Hall–Kier alpha value is -1.42. The molecule has 16 heavy (non-hydrogen) atoms. The van der Waals surface area contributed by atoms with Gasteiger partial charge >= 0.3 is 0 Å². The molecular weight excluding hydrogens is 207 g/mol. The van der Waals surface area contributed by atoms with Crippen molar-refractivity contribution < 1.29 is 9.18 Å². The molecule has 1 aliphatic rings. The first kappa shape index (κ1) is 11.1. The summed E-state index contributed by atoms with van der Waals surface area (Å²) in [5.41, 5.74) is 6.49. The van der Waals surface area contributed by atoms with Crippen LogP contribution in [0.15, 0.2) is 18.2 Å². The normalized spacial score (nSPS) is 16.9. The van der Waals surface area contributed by atoms with Crippen molar-refractivity contribution >= 4 is 5.91 Å². The molecule has 2 rings (SSSR count). The first-order chi connectivity index (χ1) is 7.56. The largest absolute Gasteiger partial charge is 0.345 e. The molecule has 1 aromatic rings. The van der Waals surface area contributed by atoms with Crippen LogP contribution in [0.1, 0.15) is 28.8 Å². The van der Waals surface area contributed by atoms with E-state index in [-0.39, 0.29) is 11.4 Å². The van der Waals surface area contributed by atoms with Gasteiger partial charge in [-0.2, -0.15) is 0 Å². The van der Waals surface area contributed by atoms with Crippen LogP contribution in [-0.4, -0.2) is 18.0 Å². The standard InChI is InChI=1S/C12H15FN2O/c1-8-2-3-9(13)6-10(8)11(16)15-12(7-14)4-5-12/h2-3,6H,4-5,7,14H2,1H3,(H,15,16). The van der Waals surface area contributed by atoms with E-state index in [0.29, 0.717) is 12.1 Å². The minimum atomic E-state index is -0.395. The average molecular weight is 222 g/mol. The van der Waals surface area contributed by atoms with Crippen LogP contribution in [0.2, 0.25) is 0 Å². The van der Waals surface area contributed by atoms with E-state index in [2.05, 4.69) is 5.32 Å². The maximum atomic E-state index is 13.0. The zero-order chi connectivity index (χ0) is 11.8. The van der Waals surface area contributed by atoms with Gasteiger partial charge in [-0.15, -0.1) is 0 Å². The zero-order valence-corrected chi connectivity index (χ0v) is 9.22. The number of rotatable bonds is 3. The highest BCUT2D eigenvalue weighted by molar-refractivity contribution is 5.96. The summed E-state index contributed by atoms with van der Waals surface area (Å²) in [6.45, 7) is 2.23. The molecule has 1 aliphatic carbocycles. The second kappa shape index (κ2) is 3.87. The Labute approximate surface area is 93.8 Å². The third-order valence-electron chi connectivity index (χ3n) is 3.07. The maximum absolute atomic E-state index is 13.0. The molecule has 0 saturated heterocycles. The number of hydrogen-bond acceptors (Lipinski definition) is 2. The molecular formula is C12H15FN2O. The predicted molar refractivity (Wildman–Crippen MR) is 59.6 cm³/mol. The molecule has 1 fully saturated rings. The van der Waals surface area contributed by atoms with Gasteiger partial charge in [0.25, 0.3) is 5.91 Å². The molecule has 0 heterocycles. The Morgan fingerprint density at radius 3 is 2.81 bits per heavy atom. The highest BCUT2D eigenvalue weighted by Crippen LogP contribution is 2.34. The van der Waals surface area contributed by atoms with Crippen molar-refractivity contribution in [2.75, 3.05) is 6.54 Å². The van der Waals surface area contributed by atoms with Crippen LogP contribution < -0.4 is 11.1 Å². The number of aryl methyl sites for hydroxylation is 1. The minimum Gasteiger partial charge on any atom is -0.345 e. The van der Waals surface area contributed by atoms with Gasteiger partial charge in [-0.3, -0.25) is 4.79 Å². The Kier molecular flexibility index (Phi) is 2.68. The summed E-state index contributed by atoms with van der Waals surface area (Å²) in [5, 5.41) is 2.87. The van der Waals surface area contributed by atoms with Gasteiger partial charge in [0.15, 0.2) is 0 Å². The Bertz CT molecular complexity index is 427. The summed E-state index contributed by atoms with van der Waals surface area (Å²) in [6.07, 6.45) is 1.81. The van der Waals surface area contributed by atoms with Crippen LogP contribution >= 0.6 is 0 Å². The lowest BCUT2D eigenvalue weighted by Crippen LogP contribution is -2.42. The molecule has 3 nitrogen and oxygen atoms in total. The van der Waals surface area contributed by atoms with E-state index in [0.717, 1.165) is 18.4 Å². The predicted octanol–water partition coefficient (Wildman–Crippen LogP) is 1.36. The number of benzene rings is 1. The molecule has 1 aromatic carbocycles. The van der Waals surface area contributed by atoms with E-state index < -0.39 is 5.82 Å². The lowest BCUT2D eigenvalue weighted by atomic mass is 10.1. The summed E-state index contributed by atoms with van der Waals surface area (Å²) in [4.78, 5) is 11.9. The third-order valence-corrected chi connectivity index (χ3v) is 3.07. The van der Waals surface area contributed by atoms with Crippen molar-refractivity contribution in [3.05, 3.63) is 35.1 Å². The molecule has 4 heteroatoms. The van der Waals surface area contributed by atoms with Crippen LogP contribution in [0.5, 0.6) is 0 Å². The molecule has 0 bridgehead atoms. The Morgan fingerprint density at radius 2 is 2.25 bits per heavy atom. The van der Waals surface area contributed by atoms with Gasteiger partial charge in [-0.05, 0) is 37.5 Å². The van der Waals surface area contributed by atoms with Crippen molar-refractivity contribution in [3.8, 4) is 0 Å². The minimum absolute atomic E-state index is 0.236. The van der Waals surface area contributed by atoms with E-state index in [1.54, 1.807) is 13.0 Å². The molecule has 86 valence electrons. The van der Waals surface area contributed by atoms with Gasteiger partial charge in [-0.1, -0.05) is 6.07 Å². The van der Waals surface area contributed by atoms with Crippen molar-refractivity contribution in [2.24, 2.45) is 5.73 Å². The lowest BCUT2D eigenvalue weighted by molar-refractivity contribution is 0.0932. The maximum Gasteiger partial charge on any atom is 0.252 e. The highest BCUT2D eigenvalue weighted by atomic mass is 19.1. The second-order valence-electron chi connectivity index (χ2n) is 4.40. The van der Waals surface area contributed by atoms with Gasteiger partial charge in [0.05, 0.1) is 5.54 Å². The van der Waals surface area contributed by atoms with Crippen LogP contribution in [-0.2, 0) is 0 Å². The van der Waals surface area contributed by atoms with E-state index in [9.17, 15) is 9.18 Å². The van der Waals surface area contributed by atoms with Gasteiger partial charge in [0.2, 0.25) is 0 Å². The summed E-state index contributed by atoms with van der Waals surface area (Å²) in [5.74, 6) is -0.631. The van der Waals surface area contributed by atoms with E-state index >= 15 is 0 Å². The van der Waals surface area contributed by atoms with Crippen LogP contribution in [0.3, 0.4) is 0 Å². The molecule has 1 amide bonds. The number of nitrogens with two attached hydrogens (primary N) is 1.